The van der Waals surface area contributed by atoms with E-state index in [1.807, 2.05) is 44.2 Å². The lowest BCUT2D eigenvalue weighted by molar-refractivity contribution is 0.188. The maximum atomic E-state index is 12.6. The van der Waals surface area contributed by atoms with Gasteiger partial charge in [-0.2, -0.15) is 4.98 Å². The number of hydrogen-bond acceptors (Lipinski definition) is 4. The monoisotopic (exact) mass is 356 g/mol. The van der Waals surface area contributed by atoms with Crippen molar-refractivity contribution in [3.8, 4) is 0 Å². The molecule has 6 heteroatoms. The third kappa shape index (κ3) is 4.23. The lowest BCUT2D eigenvalue weighted by atomic mass is 9.89. The lowest BCUT2D eigenvalue weighted by Gasteiger charge is -2.26. The van der Waals surface area contributed by atoms with Gasteiger partial charge < -0.3 is 14.7 Å². The summed E-state index contributed by atoms with van der Waals surface area (Å²) in [6.45, 7) is 3.88. The van der Waals surface area contributed by atoms with E-state index in [2.05, 4.69) is 15.5 Å². The van der Waals surface area contributed by atoms with E-state index in [1.165, 1.54) is 19.3 Å². The highest BCUT2D eigenvalue weighted by Gasteiger charge is 2.25. The molecule has 6 nitrogen and oxygen atoms in total. The summed E-state index contributed by atoms with van der Waals surface area (Å²) in [5.74, 6) is 1.65. The number of nitrogens with zero attached hydrogens (tertiary/aromatic N) is 3. The first-order valence-electron chi connectivity index (χ1n) is 9.48. The van der Waals surface area contributed by atoms with Crippen LogP contribution in [0.25, 0.3) is 0 Å². The van der Waals surface area contributed by atoms with Crippen molar-refractivity contribution in [2.45, 2.75) is 64.0 Å². The molecule has 2 atom stereocenters. The zero-order valence-corrected chi connectivity index (χ0v) is 15.8. The first-order valence-corrected chi connectivity index (χ1v) is 9.48. The number of amides is 2. The van der Waals surface area contributed by atoms with Crippen molar-refractivity contribution >= 4 is 6.03 Å². The molecule has 2 aromatic rings. The highest BCUT2D eigenvalue weighted by Crippen LogP contribution is 2.31. The molecule has 1 fully saturated rings. The second-order valence-corrected chi connectivity index (χ2v) is 7.19. The summed E-state index contributed by atoms with van der Waals surface area (Å²) < 4.78 is 5.41. The smallest absolute Gasteiger partial charge is 0.318 e. The maximum Gasteiger partial charge on any atom is 0.318 e. The Morgan fingerprint density at radius 1 is 1.19 bits per heavy atom. The van der Waals surface area contributed by atoms with Crippen LogP contribution in [0.3, 0.4) is 0 Å². The fraction of sp³-hybridized carbons (Fsp3) is 0.550. The Labute approximate surface area is 155 Å². The van der Waals surface area contributed by atoms with E-state index < -0.39 is 0 Å². The van der Waals surface area contributed by atoms with Crippen LogP contribution < -0.4 is 5.32 Å². The molecule has 1 saturated carbocycles. The van der Waals surface area contributed by atoms with Crippen LogP contribution in [-0.2, 0) is 0 Å². The molecule has 1 aromatic carbocycles. The molecule has 0 bridgehead atoms. The Kier molecular flexibility index (Phi) is 5.91. The SMILES string of the molecule is CC(NC(=O)N(C)C(C)c1ccccc1)c1nc(C2CCCCC2)no1. The Hall–Kier alpha value is -2.37. The van der Waals surface area contributed by atoms with Crippen molar-refractivity contribution in [3.63, 3.8) is 0 Å². The fourth-order valence-corrected chi connectivity index (χ4v) is 3.43. The van der Waals surface area contributed by atoms with Gasteiger partial charge in [0.1, 0.15) is 6.04 Å². The standard InChI is InChI=1S/C20H28N4O2/c1-14(19-22-18(23-26-19)17-12-8-5-9-13-17)21-20(25)24(3)15(2)16-10-6-4-7-11-16/h4,6-7,10-11,14-15,17H,5,8-9,12-13H2,1-3H3,(H,21,25). The normalized spacial score (nSPS) is 17.5. The van der Waals surface area contributed by atoms with E-state index in [4.69, 9.17) is 4.52 Å². The van der Waals surface area contributed by atoms with E-state index in [-0.39, 0.29) is 18.1 Å². The van der Waals surface area contributed by atoms with Crippen molar-refractivity contribution < 1.29 is 9.32 Å². The molecule has 0 aliphatic heterocycles. The van der Waals surface area contributed by atoms with Crippen LogP contribution in [0.1, 0.15) is 81.2 Å². The number of rotatable bonds is 5. The topological polar surface area (TPSA) is 71.3 Å². The minimum atomic E-state index is -0.322. The third-order valence-corrected chi connectivity index (χ3v) is 5.32. The van der Waals surface area contributed by atoms with Crippen molar-refractivity contribution in [1.29, 1.82) is 0 Å². The van der Waals surface area contributed by atoms with Gasteiger partial charge in [0, 0.05) is 13.0 Å². The summed E-state index contributed by atoms with van der Waals surface area (Å²) in [5, 5.41) is 7.10. The van der Waals surface area contributed by atoms with E-state index >= 15 is 0 Å². The molecule has 1 heterocycles. The van der Waals surface area contributed by atoms with Gasteiger partial charge in [0.2, 0.25) is 5.89 Å². The van der Waals surface area contributed by atoms with Gasteiger partial charge >= 0.3 is 6.03 Å². The second-order valence-electron chi connectivity index (χ2n) is 7.19. The largest absolute Gasteiger partial charge is 0.337 e. The summed E-state index contributed by atoms with van der Waals surface area (Å²) in [6.07, 6.45) is 5.99. The first kappa shape index (κ1) is 18.4. The summed E-state index contributed by atoms with van der Waals surface area (Å²) in [4.78, 5) is 18.8. The lowest BCUT2D eigenvalue weighted by Crippen LogP contribution is -2.40. The predicted molar refractivity (Wildman–Crippen MR) is 99.7 cm³/mol. The molecule has 140 valence electrons. The van der Waals surface area contributed by atoms with Gasteiger partial charge in [-0.3, -0.25) is 0 Å². The summed E-state index contributed by atoms with van der Waals surface area (Å²) in [7, 11) is 1.79. The average Bonchev–Trinajstić information content (AvgIpc) is 3.18. The van der Waals surface area contributed by atoms with Crippen molar-refractivity contribution in [3.05, 3.63) is 47.6 Å². The van der Waals surface area contributed by atoms with E-state index in [0.29, 0.717) is 11.8 Å². The highest BCUT2D eigenvalue weighted by molar-refractivity contribution is 5.74. The second kappa shape index (κ2) is 8.34. The van der Waals surface area contributed by atoms with Crippen LogP contribution in [0.2, 0.25) is 0 Å². The Balaban J connectivity index is 1.59. The summed E-state index contributed by atoms with van der Waals surface area (Å²) >= 11 is 0. The fourth-order valence-electron chi connectivity index (χ4n) is 3.43. The molecule has 0 saturated heterocycles. The van der Waals surface area contributed by atoms with Crippen molar-refractivity contribution in [2.24, 2.45) is 0 Å². The van der Waals surface area contributed by atoms with Gasteiger partial charge in [0.25, 0.3) is 0 Å². The van der Waals surface area contributed by atoms with E-state index in [9.17, 15) is 4.79 Å². The number of urea groups is 1. The third-order valence-electron chi connectivity index (χ3n) is 5.32. The predicted octanol–water partition coefficient (Wildman–Crippen LogP) is 4.58. The van der Waals surface area contributed by atoms with Crippen molar-refractivity contribution in [1.82, 2.24) is 20.4 Å². The van der Waals surface area contributed by atoms with Crippen LogP contribution in [0.4, 0.5) is 4.79 Å². The number of aromatic nitrogens is 2. The molecule has 1 aliphatic rings. The summed E-state index contributed by atoms with van der Waals surface area (Å²) in [6, 6.07) is 9.46. The first-order chi connectivity index (χ1) is 12.6. The van der Waals surface area contributed by atoms with E-state index in [1.54, 1.807) is 11.9 Å². The number of carbonyl (C=O) groups is 1. The molecule has 0 spiro atoms. The zero-order valence-electron chi connectivity index (χ0n) is 15.8. The number of carbonyl (C=O) groups excluding carboxylic acids is 1. The molecule has 1 aromatic heterocycles. The van der Waals surface area contributed by atoms with Gasteiger partial charge in [0.15, 0.2) is 5.82 Å². The molecule has 2 amide bonds. The Morgan fingerprint density at radius 2 is 1.88 bits per heavy atom. The van der Waals surface area contributed by atoms with Crippen molar-refractivity contribution in [2.75, 3.05) is 7.05 Å². The molecule has 0 radical (unpaired) electrons. The molecule has 3 rings (SSSR count). The van der Waals surface area contributed by atoms with Crippen LogP contribution in [-0.4, -0.2) is 28.1 Å². The minimum absolute atomic E-state index is 0.0242. The quantitative estimate of drug-likeness (QED) is 0.851. The van der Waals surface area contributed by atoms with Gasteiger partial charge in [-0.1, -0.05) is 54.8 Å². The highest BCUT2D eigenvalue weighted by atomic mass is 16.5. The zero-order chi connectivity index (χ0) is 18.5. The van der Waals surface area contributed by atoms with Gasteiger partial charge in [-0.15, -0.1) is 0 Å². The van der Waals surface area contributed by atoms with Crippen LogP contribution in [0.5, 0.6) is 0 Å². The van der Waals surface area contributed by atoms with E-state index in [0.717, 1.165) is 24.2 Å². The Morgan fingerprint density at radius 3 is 2.58 bits per heavy atom. The number of hydrogen-bond donors (Lipinski definition) is 1. The molecule has 1 aliphatic carbocycles. The molecule has 2 unspecified atom stereocenters. The minimum Gasteiger partial charge on any atom is -0.337 e. The molecule has 26 heavy (non-hydrogen) atoms. The molecule has 1 N–H and O–H groups in total. The molecular weight excluding hydrogens is 328 g/mol. The van der Waals surface area contributed by atoms with Gasteiger partial charge in [-0.25, -0.2) is 4.79 Å². The number of nitrogens with one attached hydrogen (secondary N) is 1. The van der Waals surface area contributed by atoms with Gasteiger partial charge in [-0.05, 0) is 32.3 Å². The van der Waals surface area contributed by atoms with Crippen LogP contribution in [0.15, 0.2) is 34.9 Å². The Bertz CT molecular complexity index is 710. The van der Waals surface area contributed by atoms with Crippen LogP contribution >= 0.6 is 0 Å². The average molecular weight is 356 g/mol. The van der Waals surface area contributed by atoms with Gasteiger partial charge in [0.05, 0.1) is 6.04 Å². The molecular formula is C20H28N4O2. The maximum absolute atomic E-state index is 12.6. The summed E-state index contributed by atoms with van der Waals surface area (Å²) in [5.41, 5.74) is 1.09. The van der Waals surface area contributed by atoms with Crippen LogP contribution in [0, 0.1) is 0 Å². The number of benzene rings is 1.